The second-order valence-corrected chi connectivity index (χ2v) is 2.86. The van der Waals surface area contributed by atoms with Gasteiger partial charge in [-0.05, 0) is 0 Å². The predicted octanol–water partition coefficient (Wildman–Crippen LogP) is -3.35. The third-order valence-corrected chi connectivity index (χ3v) is 1.25. The number of aliphatic hydroxyl groups excluding tert-OH is 3. The summed E-state index contributed by atoms with van der Waals surface area (Å²) in [4.78, 5) is 16.1. The van der Waals surface area contributed by atoms with Crippen molar-refractivity contribution in [2.45, 2.75) is 0 Å². The Bertz CT molecular complexity index is 117. The molecule has 0 fully saturated rings. The van der Waals surface area contributed by atoms with Crippen LogP contribution in [-0.2, 0) is 4.46 Å². The van der Waals surface area contributed by atoms with Crippen molar-refractivity contribution in [3.63, 3.8) is 0 Å². The Balaban J connectivity index is 0. The van der Waals surface area contributed by atoms with Crippen LogP contribution >= 0.6 is 0 Å². The summed E-state index contributed by atoms with van der Waals surface area (Å²) >= 11 is 0. The molecule has 0 aliphatic carbocycles. The zero-order chi connectivity index (χ0) is 11.4. The van der Waals surface area contributed by atoms with E-state index in [0.717, 1.165) is 0 Å². The van der Waals surface area contributed by atoms with Gasteiger partial charge in [-0.1, -0.05) is 0 Å². The minimum absolute atomic E-state index is 0.0694. The Morgan fingerprint density at radius 2 is 1.07 bits per heavy atom. The topological polar surface area (TPSA) is 121 Å². The van der Waals surface area contributed by atoms with Crippen LogP contribution in [-0.4, -0.2) is 78.4 Å². The highest BCUT2D eigenvalue weighted by Crippen LogP contribution is 1.84. The van der Waals surface area contributed by atoms with Crippen LogP contribution < -0.4 is 0 Å². The van der Waals surface area contributed by atoms with E-state index in [1.165, 1.54) is 0 Å². The molecule has 0 radical (unpaired) electrons. The van der Waals surface area contributed by atoms with E-state index in [9.17, 15) is 0 Å². The van der Waals surface area contributed by atoms with E-state index in [1.807, 2.05) is 0 Å². The minimum atomic E-state index is -3.13. The van der Waals surface area contributed by atoms with Gasteiger partial charge in [-0.3, -0.25) is 9.36 Å². The highest BCUT2D eigenvalue weighted by Gasteiger charge is 2.00. The predicted molar refractivity (Wildman–Crippen MR) is 48.6 cm³/mol. The van der Waals surface area contributed by atoms with Gasteiger partial charge in [-0.15, -0.1) is 0 Å². The van der Waals surface area contributed by atoms with Crippen molar-refractivity contribution in [1.29, 1.82) is 0 Å². The molecule has 0 aliphatic rings. The van der Waals surface area contributed by atoms with Gasteiger partial charge < -0.3 is 24.9 Å². The molecule has 5 N–H and O–H groups in total. The van der Waals surface area contributed by atoms with Gasteiger partial charge in [0.15, 0.2) is 0 Å². The maximum absolute atomic E-state index is 8.74. The molecule has 7 nitrogen and oxygen atoms in total. The van der Waals surface area contributed by atoms with Crippen molar-refractivity contribution in [1.82, 2.24) is 4.90 Å². The molecule has 0 bridgehead atoms. The number of hydrogen-bond acceptors (Lipinski definition) is 5. The fraction of sp³-hybridized carbons (Fsp3) is 1.00. The number of aliphatic hydroxyl groups is 3. The summed E-state index contributed by atoms with van der Waals surface area (Å²) in [6.45, 7) is 1.75. The standard InChI is InChI=1S/C6H15NO3.H2O3Si/c8-4-1-7(2-5-9)3-6-10;1-4(2)3/h8-10H,1-6H2;1-2H. The first-order chi connectivity index (χ1) is 6.58. The summed E-state index contributed by atoms with van der Waals surface area (Å²) in [5, 5.41) is 25.5. The molecule has 0 aromatic heterocycles. The van der Waals surface area contributed by atoms with Crippen LogP contribution in [0.1, 0.15) is 0 Å². The van der Waals surface area contributed by atoms with Crippen LogP contribution in [0.3, 0.4) is 0 Å². The molecule has 8 heteroatoms. The van der Waals surface area contributed by atoms with Gasteiger partial charge in [0.1, 0.15) is 0 Å². The van der Waals surface area contributed by atoms with Crippen LogP contribution in [0.5, 0.6) is 0 Å². The first-order valence-corrected chi connectivity index (χ1v) is 5.35. The minimum Gasteiger partial charge on any atom is -0.511 e. The molecule has 0 aliphatic heterocycles. The monoisotopic (exact) mass is 227 g/mol. The Kier molecular flexibility index (Phi) is 14.2. The molecule has 86 valence electrons. The van der Waals surface area contributed by atoms with Crippen molar-refractivity contribution >= 4 is 9.17 Å². The van der Waals surface area contributed by atoms with Gasteiger partial charge >= 0.3 is 9.17 Å². The molecule has 0 unspecified atom stereocenters. The van der Waals surface area contributed by atoms with Crippen LogP contribution in [0.2, 0.25) is 0 Å². The lowest BCUT2D eigenvalue weighted by Gasteiger charge is -2.17. The lowest BCUT2D eigenvalue weighted by molar-refractivity contribution is 0.136. The Morgan fingerprint density at radius 1 is 0.857 bits per heavy atom. The maximum Gasteiger partial charge on any atom is 0.761 e. The first kappa shape index (κ1) is 15.9. The lowest BCUT2D eigenvalue weighted by Crippen LogP contribution is -2.32. The fourth-order valence-electron chi connectivity index (χ4n) is 0.760. The third-order valence-electron chi connectivity index (χ3n) is 1.25. The molecule has 0 saturated heterocycles. The molecule has 0 aromatic rings. The van der Waals surface area contributed by atoms with E-state index in [4.69, 9.17) is 29.4 Å². The summed E-state index contributed by atoms with van der Waals surface area (Å²) in [5.41, 5.74) is 0. The largest absolute Gasteiger partial charge is 0.761 e. The third kappa shape index (κ3) is 17.5. The summed E-state index contributed by atoms with van der Waals surface area (Å²) in [6.07, 6.45) is 0. The number of nitrogens with zero attached hydrogens (tertiary/aromatic N) is 1. The van der Waals surface area contributed by atoms with Gasteiger partial charge in [0, 0.05) is 19.6 Å². The van der Waals surface area contributed by atoms with E-state index in [1.54, 1.807) is 4.90 Å². The molecular formula is C6H17NO6Si. The fourth-order valence-corrected chi connectivity index (χ4v) is 0.760. The van der Waals surface area contributed by atoms with Gasteiger partial charge in [0.2, 0.25) is 0 Å². The Hall–Kier alpha value is -0.543. The summed E-state index contributed by atoms with van der Waals surface area (Å²) < 4.78 is 8.74. The highest BCUT2D eigenvalue weighted by atomic mass is 28.3. The van der Waals surface area contributed by atoms with Crippen LogP contribution in [0, 0.1) is 0 Å². The molecule has 0 aromatic carbocycles. The van der Waals surface area contributed by atoms with Crippen molar-refractivity contribution in [2.24, 2.45) is 0 Å². The van der Waals surface area contributed by atoms with Crippen LogP contribution in [0.4, 0.5) is 0 Å². The Labute approximate surface area is 83.8 Å². The van der Waals surface area contributed by atoms with E-state index < -0.39 is 9.17 Å². The van der Waals surface area contributed by atoms with Crippen LogP contribution in [0.15, 0.2) is 0 Å². The molecule has 0 rings (SSSR count). The van der Waals surface area contributed by atoms with Crippen molar-refractivity contribution in [2.75, 3.05) is 39.5 Å². The smallest absolute Gasteiger partial charge is 0.511 e. The first-order valence-electron chi connectivity index (χ1n) is 4.05. The van der Waals surface area contributed by atoms with Crippen molar-refractivity contribution < 1.29 is 29.4 Å². The maximum atomic E-state index is 8.74. The highest BCUT2D eigenvalue weighted by molar-refractivity contribution is 6.22. The van der Waals surface area contributed by atoms with Gasteiger partial charge in [-0.2, -0.15) is 0 Å². The summed E-state index contributed by atoms with van der Waals surface area (Å²) in [5.74, 6) is 0. The van der Waals surface area contributed by atoms with Gasteiger partial charge in [0.25, 0.3) is 0 Å². The number of rotatable bonds is 6. The summed E-state index contributed by atoms with van der Waals surface area (Å²) in [7, 11) is -3.13. The quantitative estimate of drug-likeness (QED) is 0.301. The molecule has 0 spiro atoms. The van der Waals surface area contributed by atoms with Gasteiger partial charge in [0.05, 0.1) is 19.8 Å². The molecule has 0 atom stereocenters. The second-order valence-electron chi connectivity index (χ2n) is 2.30. The van der Waals surface area contributed by atoms with E-state index in [2.05, 4.69) is 0 Å². The molecule has 0 heterocycles. The van der Waals surface area contributed by atoms with Crippen molar-refractivity contribution in [3.8, 4) is 0 Å². The lowest BCUT2D eigenvalue weighted by atomic mass is 10.4. The zero-order valence-electron chi connectivity index (χ0n) is 7.83. The Morgan fingerprint density at radius 3 is 1.21 bits per heavy atom. The molecule has 14 heavy (non-hydrogen) atoms. The SMILES string of the molecule is O=[Si](O)O.OCCN(CCO)CCO. The molecule has 0 amide bonds. The van der Waals surface area contributed by atoms with E-state index in [-0.39, 0.29) is 19.8 Å². The van der Waals surface area contributed by atoms with E-state index >= 15 is 0 Å². The average molecular weight is 227 g/mol. The number of hydrogen-bond donors (Lipinski definition) is 5. The van der Waals surface area contributed by atoms with Gasteiger partial charge in [-0.25, -0.2) is 0 Å². The van der Waals surface area contributed by atoms with Crippen LogP contribution in [0.25, 0.3) is 0 Å². The molecular weight excluding hydrogens is 210 g/mol. The van der Waals surface area contributed by atoms with E-state index in [0.29, 0.717) is 19.6 Å². The zero-order valence-corrected chi connectivity index (χ0v) is 8.83. The summed E-state index contributed by atoms with van der Waals surface area (Å²) in [6, 6.07) is 0. The average Bonchev–Trinajstić information content (AvgIpc) is 2.04. The van der Waals surface area contributed by atoms with Crippen molar-refractivity contribution in [3.05, 3.63) is 0 Å². The second kappa shape index (κ2) is 12.5. The normalized spacial score (nSPS) is 9.43. The molecule has 0 saturated carbocycles.